The maximum atomic E-state index is 13.1. The summed E-state index contributed by atoms with van der Waals surface area (Å²) in [4.78, 5) is 38.2. The van der Waals surface area contributed by atoms with Gasteiger partial charge < -0.3 is 14.7 Å². The smallest absolute Gasteiger partial charge is 0.307 e. The Morgan fingerprint density at radius 2 is 1.50 bits per heavy atom. The van der Waals surface area contributed by atoms with Gasteiger partial charge in [0.15, 0.2) is 0 Å². The van der Waals surface area contributed by atoms with Gasteiger partial charge in [0.05, 0.1) is 18.8 Å². The van der Waals surface area contributed by atoms with Crippen LogP contribution in [0.25, 0.3) is 11.1 Å². The van der Waals surface area contributed by atoms with E-state index in [-0.39, 0.29) is 6.42 Å². The molecule has 2 rings (SSSR count). The predicted octanol–water partition coefficient (Wildman–Crippen LogP) is 4.53. The highest BCUT2D eigenvalue weighted by atomic mass is 16.6. The van der Waals surface area contributed by atoms with Crippen molar-refractivity contribution in [3.8, 4) is 11.1 Å². The molecule has 2 aromatic rings. The summed E-state index contributed by atoms with van der Waals surface area (Å²) in [6, 6.07) is 17.4. The van der Waals surface area contributed by atoms with Gasteiger partial charge in [-0.05, 0) is 51.0 Å². The molecule has 6 heteroatoms. The van der Waals surface area contributed by atoms with Gasteiger partial charge in [-0.15, -0.1) is 0 Å². The summed E-state index contributed by atoms with van der Waals surface area (Å²) in [5.41, 5.74) is 2.03. The summed E-state index contributed by atoms with van der Waals surface area (Å²) in [5.74, 6) is -3.12. The number of amides is 1. The highest BCUT2D eigenvalue weighted by Gasteiger charge is 2.31. The number of rotatable bonds is 8. The van der Waals surface area contributed by atoms with Crippen LogP contribution >= 0.6 is 0 Å². The maximum Gasteiger partial charge on any atom is 0.307 e. The molecule has 0 aromatic heterocycles. The van der Waals surface area contributed by atoms with E-state index in [0.29, 0.717) is 12.2 Å². The summed E-state index contributed by atoms with van der Waals surface area (Å²) < 4.78 is 5.28. The Morgan fingerprint density at radius 3 is 2.00 bits per heavy atom. The standard InChI is InChI=1S/C24H29NO5/c1-5-25(20-13-11-18(12-14-20)17-9-7-6-8-10-17)23(29)19(15-21(26)27)16-22(28)30-24(2,3)4/h6-14,19H,5,15-16H2,1-4H3,(H,26,27). The fourth-order valence-electron chi connectivity index (χ4n) is 3.19. The van der Waals surface area contributed by atoms with E-state index in [2.05, 4.69) is 0 Å². The quantitative estimate of drug-likeness (QED) is 0.645. The molecule has 0 fully saturated rings. The Bertz CT molecular complexity index is 869. The molecule has 0 saturated heterocycles. The third-order valence-electron chi connectivity index (χ3n) is 4.47. The lowest BCUT2D eigenvalue weighted by Gasteiger charge is -2.27. The van der Waals surface area contributed by atoms with Crippen molar-refractivity contribution in [2.45, 2.75) is 46.1 Å². The minimum Gasteiger partial charge on any atom is -0.481 e. The summed E-state index contributed by atoms with van der Waals surface area (Å²) in [6.07, 6.45) is -0.711. The minimum atomic E-state index is -1.13. The molecule has 1 N–H and O–H groups in total. The lowest BCUT2D eigenvalue weighted by atomic mass is 9.98. The summed E-state index contributed by atoms with van der Waals surface area (Å²) in [7, 11) is 0. The number of aliphatic carboxylic acids is 1. The average Bonchev–Trinajstić information content (AvgIpc) is 2.67. The van der Waals surface area contributed by atoms with Gasteiger partial charge in [-0.1, -0.05) is 42.5 Å². The van der Waals surface area contributed by atoms with Gasteiger partial charge in [-0.3, -0.25) is 14.4 Å². The first kappa shape index (κ1) is 23.1. The van der Waals surface area contributed by atoms with Crippen LogP contribution in [0, 0.1) is 5.92 Å². The number of carbonyl (C=O) groups is 3. The van der Waals surface area contributed by atoms with Crippen molar-refractivity contribution in [1.29, 1.82) is 0 Å². The lowest BCUT2D eigenvalue weighted by molar-refractivity contribution is -0.157. The molecule has 0 aliphatic rings. The van der Waals surface area contributed by atoms with E-state index in [1.54, 1.807) is 20.8 Å². The number of hydrogen-bond acceptors (Lipinski definition) is 4. The first-order valence-corrected chi connectivity index (χ1v) is 10.0. The number of anilines is 1. The topological polar surface area (TPSA) is 83.9 Å². The van der Waals surface area contributed by atoms with Crippen LogP contribution in [-0.2, 0) is 19.1 Å². The van der Waals surface area contributed by atoms with Gasteiger partial charge in [-0.2, -0.15) is 0 Å². The third-order valence-corrected chi connectivity index (χ3v) is 4.47. The van der Waals surface area contributed by atoms with Crippen LogP contribution in [0.2, 0.25) is 0 Å². The van der Waals surface area contributed by atoms with Gasteiger partial charge in [0.25, 0.3) is 0 Å². The molecule has 0 bridgehead atoms. The van der Waals surface area contributed by atoms with E-state index in [1.807, 2.05) is 61.5 Å². The molecule has 30 heavy (non-hydrogen) atoms. The van der Waals surface area contributed by atoms with Gasteiger partial charge in [0.1, 0.15) is 5.60 Å². The van der Waals surface area contributed by atoms with Crippen LogP contribution in [0.3, 0.4) is 0 Å². The van der Waals surface area contributed by atoms with E-state index in [4.69, 9.17) is 4.74 Å². The van der Waals surface area contributed by atoms with Crippen LogP contribution in [0.1, 0.15) is 40.5 Å². The molecular formula is C24H29NO5. The molecule has 0 spiro atoms. The fraction of sp³-hybridized carbons (Fsp3) is 0.375. The Balaban J connectivity index is 2.21. The normalized spacial score (nSPS) is 12.1. The Kier molecular flexibility index (Phi) is 7.75. The molecule has 1 unspecified atom stereocenters. The number of benzene rings is 2. The number of ether oxygens (including phenoxy) is 1. The average molecular weight is 411 g/mol. The van der Waals surface area contributed by atoms with Crippen LogP contribution in [-0.4, -0.2) is 35.1 Å². The Morgan fingerprint density at radius 1 is 0.933 bits per heavy atom. The van der Waals surface area contributed by atoms with Crippen LogP contribution in [0.4, 0.5) is 5.69 Å². The van der Waals surface area contributed by atoms with Crippen molar-refractivity contribution in [2.75, 3.05) is 11.4 Å². The molecule has 6 nitrogen and oxygen atoms in total. The second-order valence-electron chi connectivity index (χ2n) is 8.08. The van der Waals surface area contributed by atoms with E-state index in [1.165, 1.54) is 4.90 Å². The molecular weight excluding hydrogens is 382 g/mol. The number of carboxylic acid groups (broad SMARTS) is 1. The fourth-order valence-corrected chi connectivity index (χ4v) is 3.19. The highest BCUT2D eigenvalue weighted by molar-refractivity contribution is 5.98. The summed E-state index contributed by atoms with van der Waals surface area (Å²) in [6.45, 7) is 7.35. The number of hydrogen-bond donors (Lipinski definition) is 1. The zero-order chi connectivity index (χ0) is 22.3. The predicted molar refractivity (Wildman–Crippen MR) is 116 cm³/mol. The summed E-state index contributed by atoms with van der Waals surface area (Å²) >= 11 is 0. The van der Waals surface area contributed by atoms with E-state index < -0.39 is 35.8 Å². The van der Waals surface area contributed by atoms with E-state index in [0.717, 1.165) is 11.1 Å². The third kappa shape index (κ3) is 6.72. The first-order chi connectivity index (χ1) is 14.1. The second-order valence-corrected chi connectivity index (χ2v) is 8.08. The zero-order valence-electron chi connectivity index (χ0n) is 17.9. The van der Waals surface area contributed by atoms with Gasteiger partial charge in [-0.25, -0.2) is 0 Å². The van der Waals surface area contributed by atoms with Crippen molar-refractivity contribution >= 4 is 23.5 Å². The van der Waals surface area contributed by atoms with Gasteiger partial charge in [0, 0.05) is 12.2 Å². The molecule has 0 aliphatic carbocycles. The van der Waals surface area contributed by atoms with Crippen molar-refractivity contribution in [1.82, 2.24) is 0 Å². The first-order valence-electron chi connectivity index (χ1n) is 10.0. The van der Waals surface area contributed by atoms with E-state index in [9.17, 15) is 19.5 Å². The van der Waals surface area contributed by atoms with Crippen molar-refractivity contribution in [3.63, 3.8) is 0 Å². The van der Waals surface area contributed by atoms with E-state index >= 15 is 0 Å². The van der Waals surface area contributed by atoms with Crippen molar-refractivity contribution in [3.05, 3.63) is 54.6 Å². The minimum absolute atomic E-state index is 0.277. The Hall–Kier alpha value is -3.15. The maximum absolute atomic E-state index is 13.1. The number of esters is 1. The SMILES string of the molecule is CCN(C(=O)C(CC(=O)O)CC(=O)OC(C)(C)C)c1ccc(-c2ccccc2)cc1. The molecule has 0 saturated carbocycles. The number of nitrogens with zero attached hydrogens (tertiary/aromatic N) is 1. The molecule has 1 amide bonds. The molecule has 1 atom stereocenters. The highest BCUT2D eigenvalue weighted by Crippen LogP contribution is 2.25. The molecule has 0 aliphatic heterocycles. The van der Waals surface area contributed by atoms with Crippen molar-refractivity contribution in [2.24, 2.45) is 5.92 Å². The zero-order valence-corrected chi connectivity index (χ0v) is 17.9. The second kappa shape index (κ2) is 10.1. The molecule has 2 aromatic carbocycles. The van der Waals surface area contributed by atoms with Gasteiger partial charge >= 0.3 is 11.9 Å². The Labute approximate surface area is 177 Å². The number of carboxylic acids is 1. The monoisotopic (exact) mass is 411 g/mol. The van der Waals surface area contributed by atoms with Crippen LogP contribution in [0.5, 0.6) is 0 Å². The molecule has 0 radical (unpaired) electrons. The number of carbonyl (C=O) groups excluding carboxylic acids is 2. The van der Waals surface area contributed by atoms with Crippen LogP contribution < -0.4 is 4.90 Å². The largest absolute Gasteiger partial charge is 0.481 e. The molecule has 160 valence electrons. The van der Waals surface area contributed by atoms with Crippen LogP contribution in [0.15, 0.2) is 54.6 Å². The van der Waals surface area contributed by atoms with Crippen molar-refractivity contribution < 1.29 is 24.2 Å². The molecule has 0 heterocycles. The van der Waals surface area contributed by atoms with Gasteiger partial charge in [0.2, 0.25) is 5.91 Å². The lowest BCUT2D eigenvalue weighted by Crippen LogP contribution is -2.39. The summed E-state index contributed by atoms with van der Waals surface area (Å²) in [5, 5.41) is 9.24.